The van der Waals surface area contributed by atoms with E-state index in [1.165, 1.54) is 6.07 Å². The molecular weight excluding hydrogens is 415 g/mol. The van der Waals surface area contributed by atoms with Crippen LogP contribution in [0.4, 0.5) is 10.1 Å². The Labute approximate surface area is 194 Å². The fourth-order valence-corrected chi connectivity index (χ4v) is 3.68. The van der Waals surface area contributed by atoms with Gasteiger partial charge in [0.15, 0.2) is 0 Å². The summed E-state index contributed by atoms with van der Waals surface area (Å²) in [6.07, 6.45) is 3.39. The zero-order valence-corrected chi connectivity index (χ0v) is 18.9. The number of amides is 1. The molecule has 33 heavy (non-hydrogen) atoms. The van der Waals surface area contributed by atoms with Gasteiger partial charge in [-0.25, -0.2) is 4.39 Å². The van der Waals surface area contributed by atoms with Crippen molar-refractivity contribution in [3.05, 3.63) is 94.6 Å². The normalized spacial score (nSPS) is 14.4. The number of anilines is 1. The minimum Gasteiger partial charge on any atom is -0.322 e. The van der Waals surface area contributed by atoms with E-state index >= 15 is 0 Å². The van der Waals surface area contributed by atoms with Gasteiger partial charge in [-0.3, -0.25) is 14.7 Å². The molecule has 168 valence electrons. The maximum Gasteiger partial charge on any atom is 0.255 e. The summed E-state index contributed by atoms with van der Waals surface area (Å²) >= 11 is 0. The van der Waals surface area contributed by atoms with E-state index in [9.17, 15) is 9.18 Å². The van der Waals surface area contributed by atoms with Gasteiger partial charge in [-0.15, -0.1) is 0 Å². The van der Waals surface area contributed by atoms with Crippen molar-refractivity contribution >= 4 is 11.6 Å². The Morgan fingerprint density at radius 2 is 1.91 bits per heavy atom. The Bertz CT molecular complexity index is 1190. The monoisotopic (exact) mass is 442 g/mol. The summed E-state index contributed by atoms with van der Waals surface area (Å²) in [6.45, 7) is 6.35. The molecule has 1 amide bonds. The van der Waals surface area contributed by atoms with E-state index in [0.717, 1.165) is 42.9 Å². The molecule has 6 heteroatoms. The van der Waals surface area contributed by atoms with Crippen LogP contribution in [0.15, 0.2) is 60.9 Å². The van der Waals surface area contributed by atoms with Gasteiger partial charge >= 0.3 is 0 Å². The van der Waals surface area contributed by atoms with Crippen LogP contribution in [-0.2, 0) is 6.54 Å². The third kappa shape index (κ3) is 6.04. The molecule has 0 spiro atoms. The maximum atomic E-state index is 14.7. The topological polar surface area (TPSA) is 48.5 Å². The van der Waals surface area contributed by atoms with E-state index in [2.05, 4.69) is 39.0 Å². The summed E-state index contributed by atoms with van der Waals surface area (Å²) in [5, 5.41) is 2.80. The van der Waals surface area contributed by atoms with Crippen LogP contribution in [0.3, 0.4) is 0 Å². The quantitative estimate of drug-likeness (QED) is 0.622. The lowest BCUT2D eigenvalue weighted by molar-refractivity contribution is 0.102. The lowest BCUT2D eigenvalue weighted by Gasteiger charge is -2.32. The summed E-state index contributed by atoms with van der Waals surface area (Å²) in [4.78, 5) is 21.4. The molecule has 0 saturated carbocycles. The molecule has 2 aromatic carbocycles. The van der Waals surface area contributed by atoms with Crippen molar-refractivity contribution in [2.75, 3.05) is 38.5 Å². The molecule has 1 N–H and O–H groups in total. The maximum absolute atomic E-state index is 14.7. The molecule has 1 aliphatic heterocycles. The van der Waals surface area contributed by atoms with Crippen LogP contribution in [0, 0.1) is 24.6 Å². The fourth-order valence-electron chi connectivity index (χ4n) is 3.68. The minimum absolute atomic E-state index is 0.300. The molecular formula is C27H27FN4O. The number of halogens is 1. The highest BCUT2D eigenvalue weighted by Crippen LogP contribution is 2.19. The van der Waals surface area contributed by atoms with E-state index in [0.29, 0.717) is 23.4 Å². The van der Waals surface area contributed by atoms with Crippen LogP contribution in [0.2, 0.25) is 0 Å². The molecule has 0 radical (unpaired) electrons. The summed E-state index contributed by atoms with van der Waals surface area (Å²) in [5.41, 5.74) is 4.09. The van der Waals surface area contributed by atoms with Gasteiger partial charge in [0.1, 0.15) is 5.82 Å². The molecule has 5 nitrogen and oxygen atoms in total. The lowest BCUT2D eigenvalue weighted by atomic mass is 10.0. The number of rotatable bonds is 4. The number of pyridine rings is 1. The number of piperazine rings is 1. The Balaban J connectivity index is 1.44. The van der Waals surface area contributed by atoms with Crippen molar-refractivity contribution in [2.45, 2.75) is 13.5 Å². The Kier molecular flexibility index (Phi) is 7.13. The van der Waals surface area contributed by atoms with Gasteiger partial charge in [-0.05, 0) is 55.9 Å². The number of aromatic nitrogens is 1. The van der Waals surface area contributed by atoms with Gasteiger partial charge in [0.2, 0.25) is 0 Å². The van der Waals surface area contributed by atoms with Gasteiger partial charge < -0.3 is 10.2 Å². The van der Waals surface area contributed by atoms with Crippen LogP contribution in [-0.4, -0.2) is 53.9 Å². The molecule has 0 unspecified atom stereocenters. The highest BCUT2D eigenvalue weighted by atomic mass is 19.1. The standard InChI is InChI=1S/C27H27FN4O/c1-20-5-7-23(16-22(20)8-6-21-4-3-11-29-18-21)27(33)30-25-10-9-24(26(28)17-25)19-32-14-12-31(2)13-15-32/h3-5,7,9-11,16-18H,12-15,19H2,1-2H3,(H,30,33). The number of likely N-dealkylation sites (N-methyl/N-ethyl adjacent to an activating group) is 1. The molecule has 2 heterocycles. The van der Waals surface area contributed by atoms with E-state index in [1.807, 2.05) is 25.1 Å². The van der Waals surface area contributed by atoms with Crippen molar-refractivity contribution in [1.82, 2.24) is 14.8 Å². The molecule has 0 aliphatic carbocycles. The van der Waals surface area contributed by atoms with E-state index in [1.54, 1.807) is 36.7 Å². The first kappa shape index (κ1) is 22.7. The first-order valence-electron chi connectivity index (χ1n) is 11.0. The van der Waals surface area contributed by atoms with Gasteiger partial charge in [0, 0.05) is 73.1 Å². The Morgan fingerprint density at radius 1 is 1.09 bits per heavy atom. The van der Waals surface area contributed by atoms with Crippen molar-refractivity contribution in [1.29, 1.82) is 0 Å². The van der Waals surface area contributed by atoms with Crippen LogP contribution in [0.25, 0.3) is 0 Å². The van der Waals surface area contributed by atoms with Crippen LogP contribution in [0.1, 0.15) is 32.6 Å². The zero-order chi connectivity index (χ0) is 23.2. The Morgan fingerprint density at radius 3 is 2.64 bits per heavy atom. The minimum atomic E-state index is -0.307. The highest BCUT2D eigenvalue weighted by molar-refractivity contribution is 6.04. The molecule has 3 aromatic rings. The lowest BCUT2D eigenvalue weighted by Crippen LogP contribution is -2.44. The van der Waals surface area contributed by atoms with Crippen LogP contribution < -0.4 is 5.32 Å². The van der Waals surface area contributed by atoms with Crippen molar-refractivity contribution in [3.63, 3.8) is 0 Å². The van der Waals surface area contributed by atoms with E-state index in [-0.39, 0.29) is 11.7 Å². The fraction of sp³-hybridized carbons (Fsp3) is 0.259. The number of carbonyl (C=O) groups excluding carboxylic acids is 1. The van der Waals surface area contributed by atoms with Gasteiger partial charge in [0.05, 0.1) is 0 Å². The third-order valence-electron chi connectivity index (χ3n) is 5.80. The van der Waals surface area contributed by atoms with Crippen molar-refractivity contribution in [3.8, 4) is 11.8 Å². The number of hydrogen-bond acceptors (Lipinski definition) is 4. The predicted molar refractivity (Wildman–Crippen MR) is 129 cm³/mol. The average molecular weight is 443 g/mol. The summed E-state index contributed by atoms with van der Waals surface area (Å²) in [5.74, 6) is 5.57. The van der Waals surface area contributed by atoms with E-state index in [4.69, 9.17) is 0 Å². The zero-order valence-electron chi connectivity index (χ0n) is 18.9. The molecule has 4 rings (SSSR count). The second kappa shape index (κ2) is 10.4. The third-order valence-corrected chi connectivity index (χ3v) is 5.80. The summed E-state index contributed by atoms with van der Waals surface area (Å²) < 4.78 is 14.7. The number of aryl methyl sites for hydroxylation is 1. The van der Waals surface area contributed by atoms with Crippen LogP contribution in [0.5, 0.6) is 0 Å². The highest BCUT2D eigenvalue weighted by Gasteiger charge is 2.16. The first-order valence-corrected chi connectivity index (χ1v) is 11.0. The van der Waals surface area contributed by atoms with E-state index < -0.39 is 0 Å². The molecule has 1 saturated heterocycles. The molecule has 0 bridgehead atoms. The molecule has 1 fully saturated rings. The average Bonchev–Trinajstić information content (AvgIpc) is 2.82. The van der Waals surface area contributed by atoms with Crippen molar-refractivity contribution in [2.24, 2.45) is 0 Å². The second-order valence-electron chi connectivity index (χ2n) is 8.36. The van der Waals surface area contributed by atoms with Gasteiger partial charge in [-0.1, -0.05) is 24.0 Å². The number of benzene rings is 2. The summed E-state index contributed by atoms with van der Waals surface area (Å²) in [6, 6.07) is 14.0. The number of carbonyl (C=O) groups is 1. The first-order chi connectivity index (χ1) is 16.0. The van der Waals surface area contributed by atoms with Gasteiger partial charge in [-0.2, -0.15) is 0 Å². The summed E-state index contributed by atoms with van der Waals surface area (Å²) in [7, 11) is 2.10. The molecule has 1 aromatic heterocycles. The number of nitrogens with zero attached hydrogens (tertiary/aromatic N) is 3. The number of nitrogens with one attached hydrogen (secondary N) is 1. The second-order valence-corrected chi connectivity index (χ2v) is 8.36. The number of hydrogen-bond donors (Lipinski definition) is 1. The smallest absolute Gasteiger partial charge is 0.255 e. The van der Waals surface area contributed by atoms with Gasteiger partial charge in [0.25, 0.3) is 5.91 Å². The van der Waals surface area contributed by atoms with Crippen LogP contribution >= 0.6 is 0 Å². The molecule has 1 aliphatic rings. The SMILES string of the molecule is Cc1ccc(C(=O)Nc2ccc(CN3CCN(C)CC3)c(F)c2)cc1C#Cc1cccnc1. The molecule has 0 atom stereocenters. The predicted octanol–water partition coefficient (Wildman–Crippen LogP) is 3.93. The Hall–Kier alpha value is -3.53. The van der Waals surface area contributed by atoms with Crippen molar-refractivity contribution < 1.29 is 9.18 Å². The largest absolute Gasteiger partial charge is 0.322 e.